The van der Waals surface area contributed by atoms with Crippen LogP contribution in [0.5, 0.6) is 11.6 Å². The minimum absolute atomic E-state index is 0.0819. The number of rotatable bonds is 6. The zero-order valence-corrected chi connectivity index (χ0v) is 19.2. The molecule has 0 aliphatic heterocycles. The highest BCUT2D eigenvalue weighted by Gasteiger charge is 2.32. The number of para-hydroxylation sites is 2. The van der Waals surface area contributed by atoms with Gasteiger partial charge in [0.15, 0.2) is 4.90 Å². The van der Waals surface area contributed by atoms with Gasteiger partial charge in [-0.2, -0.15) is 9.78 Å². The van der Waals surface area contributed by atoms with Crippen LogP contribution in [0, 0.1) is 13.8 Å². The van der Waals surface area contributed by atoms with E-state index in [-0.39, 0.29) is 26.9 Å². The topological polar surface area (TPSA) is 87.5 Å². The van der Waals surface area contributed by atoms with Gasteiger partial charge in [-0.25, -0.2) is 13.2 Å². The second kappa shape index (κ2) is 8.91. The summed E-state index contributed by atoms with van der Waals surface area (Å²) in [7, 11) is -2.60. The Labute approximate surface area is 192 Å². The SMILES string of the molecule is COc1ccccc1C(=O)Oc1c(S(=O)(=O)c2ccc(C)cc2)c(C)nn1-c1ccccc1. The highest BCUT2D eigenvalue weighted by molar-refractivity contribution is 7.91. The third-order valence-electron chi connectivity index (χ3n) is 5.08. The van der Waals surface area contributed by atoms with E-state index in [9.17, 15) is 13.2 Å². The minimum Gasteiger partial charge on any atom is -0.496 e. The third-order valence-corrected chi connectivity index (χ3v) is 6.98. The normalized spacial score (nSPS) is 11.2. The zero-order valence-electron chi connectivity index (χ0n) is 18.3. The monoisotopic (exact) mass is 462 g/mol. The molecular formula is C25H22N2O5S. The molecule has 1 heterocycles. The van der Waals surface area contributed by atoms with E-state index in [2.05, 4.69) is 5.10 Å². The summed E-state index contributed by atoms with van der Waals surface area (Å²) in [4.78, 5) is 13.0. The van der Waals surface area contributed by atoms with Crippen LogP contribution >= 0.6 is 0 Å². The first-order chi connectivity index (χ1) is 15.8. The fourth-order valence-electron chi connectivity index (χ4n) is 3.43. The Morgan fingerprint density at radius 1 is 0.879 bits per heavy atom. The fraction of sp³-hybridized carbons (Fsp3) is 0.120. The number of nitrogens with zero attached hydrogens (tertiary/aromatic N) is 2. The van der Waals surface area contributed by atoms with Crippen molar-refractivity contribution >= 4 is 15.8 Å². The van der Waals surface area contributed by atoms with Crippen molar-refractivity contribution in [2.75, 3.05) is 7.11 Å². The highest BCUT2D eigenvalue weighted by atomic mass is 32.2. The lowest BCUT2D eigenvalue weighted by Gasteiger charge is -2.12. The summed E-state index contributed by atoms with van der Waals surface area (Å²) in [5.74, 6) is -0.631. The van der Waals surface area contributed by atoms with Crippen molar-refractivity contribution in [3.05, 3.63) is 95.7 Å². The molecule has 0 saturated carbocycles. The van der Waals surface area contributed by atoms with Gasteiger partial charge in [-0.1, -0.05) is 48.0 Å². The number of aromatic nitrogens is 2. The van der Waals surface area contributed by atoms with Gasteiger partial charge in [0, 0.05) is 0 Å². The molecule has 0 unspecified atom stereocenters. The first kappa shape index (κ1) is 22.3. The van der Waals surface area contributed by atoms with Crippen LogP contribution in [0.4, 0.5) is 0 Å². The molecule has 0 aliphatic carbocycles. The van der Waals surface area contributed by atoms with Gasteiger partial charge in [0.2, 0.25) is 15.7 Å². The van der Waals surface area contributed by atoms with E-state index in [1.807, 2.05) is 13.0 Å². The quantitative estimate of drug-likeness (QED) is 0.391. The van der Waals surface area contributed by atoms with Crippen LogP contribution in [0.25, 0.3) is 5.69 Å². The van der Waals surface area contributed by atoms with Crippen molar-refractivity contribution in [1.82, 2.24) is 9.78 Å². The van der Waals surface area contributed by atoms with Crippen LogP contribution in [0.3, 0.4) is 0 Å². The maximum atomic E-state index is 13.6. The molecule has 4 aromatic rings. The van der Waals surface area contributed by atoms with Crippen molar-refractivity contribution in [3.8, 4) is 17.3 Å². The minimum atomic E-state index is -4.04. The van der Waals surface area contributed by atoms with Crippen LogP contribution < -0.4 is 9.47 Å². The number of aryl methyl sites for hydroxylation is 2. The smallest absolute Gasteiger partial charge is 0.348 e. The number of sulfone groups is 1. The summed E-state index contributed by atoms with van der Waals surface area (Å²) in [6, 6.07) is 21.9. The summed E-state index contributed by atoms with van der Waals surface area (Å²) >= 11 is 0. The molecule has 0 amide bonds. The Morgan fingerprint density at radius 2 is 1.52 bits per heavy atom. The second-order valence-corrected chi connectivity index (χ2v) is 9.26. The van der Waals surface area contributed by atoms with Gasteiger partial charge in [0.25, 0.3) is 0 Å². The molecule has 0 spiro atoms. The van der Waals surface area contributed by atoms with E-state index in [0.29, 0.717) is 11.4 Å². The molecule has 33 heavy (non-hydrogen) atoms. The molecule has 8 heteroatoms. The lowest BCUT2D eigenvalue weighted by Crippen LogP contribution is -2.15. The predicted molar refractivity (Wildman–Crippen MR) is 123 cm³/mol. The van der Waals surface area contributed by atoms with Gasteiger partial charge >= 0.3 is 5.97 Å². The summed E-state index contributed by atoms with van der Waals surface area (Å²) in [5, 5.41) is 4.41. The lowest BCUT2D eigenvalue weighted by molar-refractivity contribution is 0.0714. The first-order valence-electron chi connectivity index (χ1n) is 10.1. The molecule has 0 saturated heterocycles. The lowest BCUT2D eigenvalue weighted by atomic mass is 10.2. The summed E-state index contributed by atoms with van der Waals surface area (Å²) in [5.41, 5.74) is 1.85. The molecular weight excluding hydrogens is 440 g/mol. The van der Waals surface area contributed by atoms with E-state index in [1.165, 1.54) is 23.9 Å². The molecule has 3 aromatic carbocycles. The van der Waals surface area contributed by atoms with Crippen molar-refractivity contribution in [3.63, 3.8) is 0 Å². The number of carbonyl (C=O) groups is 1. The van der Waals surface area contributed by atoms with Crippen LogP contribution in [0.15, 0.2) is 88.7 Å². The molecule has 0 bridgehead atoms. The maximum Gasteiger partial charge on any atom is 0.348 e. The zero-order chi connectivity index (χ0) is 23.6. The van der Waals surface area contributed by atoms with E-state index >= 15 is 0 Å². The number of methoxy groups -OCH3 is 1. The number of carbonyl (C=O) groups excluding carboxylic acids is 1. The Hall–Kier alpha value is -3.91. The van der Waals surface area contributed by atoms with Crippen molar-refractivity contribution in [1.29, 1.82) is 0 Å². The van der Waals surface area contributed by atoms with Gasteiger partial charge in [0.05, 0.1) is 23.4 Å². The van der Waals surface area contributed by atoms with E-state index in [0.717, 1.165) is 5.56 Å². The van der Waals surface area contributed by atoms with Gasteiger partial charge < -0.3 is 9.47 Å². The molecule has 0 N–H and O–H groups in total. The van der Waals surface area contributed by atoms with E-state index in [4.69, 9.17) is 9.47 Å². The van der Waals surface area contributed by atoms with E-state index in [1.54, 1.807) is 67.6 Å². The highest BCUT2D eigenvalue weighted by Crippen LogP contribution is 2.35. The van der Waals surface area contributed by atoms with Gasteiger partial charge in [-0.05, 0) is 50.2 Å². The molecule has 0 atom stereocenters. The van der Waals surface area contributed by atoms with Gasteiger partial charge in [-0.15, -0.1) is 0 Å². The molecule has 168 valence electrons. The first-order valence-corrected chi connectivity index (χ1v) is 11.6. The Morgan fingerprint density at radius 3 is 2.18 bits per heavy atom. The Bertz CT molecular complexity index is 1410. The average molecular weight is 463 g/mol. The number of esters is 1. The molecule has 1 aromatic heterocycles. The van der Waals surface area contributed by atoms with Gasteiger partial charge in [-0.3, -0.25) is 0 Å². The number of hydrogen-bond donors (Lipinski definition) is 0. The summed E-state index contributed by atoms with van der Waals surface area (Å²) in [6.07, 6.45) is 0. The predicted octanol–water partition coefficient (Wildman–Crippen LogP) is 4.55. The number of hydrogen-bond acceptors (Lipinski definition) is 6. The van der Waals surface area contributed by atoms with Gasteiger partial charge in [0.1, 0.15) is 11.3 Å². The van der Waals surface area contributed by atoms with Crippen molar-refractivity contribution in [2.24, 2.45) is 0 Å². The molecule has 7 nitrogen and oxygen atoms in total. The average Bonchev–Trinajstić information content (AvgIpc) is 3.16. The number of ether oxygens (including phenoxy) is 2. The maximum absolute atomic E-state index is 13.6. The molecule has 0 fully saturated rings. The van der Waals surface area contributed by atoms with Crippen LogP contribution in [-0.4, -0.2) is 31.3 Å². The van der Waals surface area contributed by atoms with E-state index < -0.39 is 15.8 Å². The Balaban J connectivity index is 1.90. The van der Waals surface area contributed by atoms with Crippen molar-refractivity contribution in [2.45, 2.75) is 23.6 Å². The summed E-state index contributed by atoms with van der Waals surface area (Å²) < 4.78 is 39.5. The summed E-state index contributed by atoms with van der Waals surface area (Å²) in [6.45, 7) is 3.44. The largest absolute Gasteiger partial charge is 0.496 e. The number of benzene rings is 3. The van der Waals surface area contributed by atoms with Crippen LogP contribution in [0.1, 0.15) is 21.6 Å². The molecule has 4 rings (SSSR count). The second-order valence-electron chi connectivity index (χ2n) is 7.37. The molecule has 0 aliphatic rings. The van der Waals surface area contributed by atoms with Crippen LogP contribution in [0.2, 0.25) is 0 Å². The third kappa shape index (κ3) is 4.25. The fourth-order valence-corrected chi connectivity index (χ4v) is 4.94. The van der Waals surface area contributed by atoms with Crippen molar-refractivity contribution < 1.29 is 22.7 Å². The Kier molecular flexibility index (Phi) is 6.02. The van der Waals surface area contributed by atoms with Crippen LogP contribution in [-0.2, 0) is 9.84 Å². The standard InChI is InChI=1S/C25H22N2O5S/c1-17-13-15-20(16-14-17)33(29,30)23-18(2)26-27(19-9-5-4-6-10-19)24(23)32-25(28)21-11-7-8-12-22(21)31-3/h4-16H,1-3H3. The molecule has 0 radical (unpaired) electrons.